The normalized spacial score (nSPS) is 38.6. The predicted molar refractivity (Wildman–Crippen MR) is 71.5 cm³/mol. The van der Waals surface area contributed by atoms with Crippen LogP contribution >= 0.6 is 0 Å². The third-order valence-electron chi connectivity index (χ3n) is 4.11. The van der Waals surface area contributed by atoms with Gasteiger partial charge in [-0.1, -0.05) is 28.7 Å². The van der Waals surface area contributed by atoms with Crippen molar-refractivity contribution >= 4 is 0 Å². The van der Waals surface area contributed by atoms with Gasteiger partial charge >= 0.3 is 0 Å². The Labute approximate surface area is 115 Å². The van der Waals surface area contributed by atoms with Gasteiger partial charge in [0, 0.05) is 11.8 Å². The molecule has 2 saturated heterocycles. The lowest BCUT2D eigenvalue weighted by Gasteiger charge is -2.29. The summed E-state index contributed by atoms with van der Waals surface area (Å²) in [6, 6.07) is 0. The second kappa shape index (κ2) is 7.60. The van der Waals surface area contributed by atoms with Crippen molar-refractivity contribution in [2.75, 3.05) is 33.3 Å². The van der Waals surface area contributed by atoms with Gasteiger partial charge in [-0.25, -0.2) is 0 Å². The minimum atomic E-state index is 0. The number of quaternary nitrogens is 1. The van der Waals surface area contributed by atoms with Gasteiger partial charge in [-0.2, -0.15) is 0 Å². The maximum absolute atomic E-state index is 5.36. The van der Waals surface area contributed by atoms with E-state index in [0.717, 1.165) is 18.4 Å². The first-order valence-corrected chi connectivity index (χ1v) is 6.12. The zero-order valence-electron chi connectivity index (χ0n) is 10.2. The highest BCUT2D eigenvalue weighted by molar-refractivity contribution is 4.77. The van der Waals surface area contributed by atoms with Crippen LogP contribution in [0.4, 0.5) is 0 Å². The molecule has 2 aliphatic heterocycles. The maximum Gasteiger partial charge on any atom is 0.130 e. The highest BCUT2D eigenvalue weighted by Crippen LogP contribution is 2.34. The molecule has 2 fully saturated rings. The Hall–Kier alpha value is 0.210. The van der Waals surface area contributed by atoms with Gasteiger partial charge in [0.15, 0.2) is 0 Å². The first-order chi connectivity index (χ1) is 6.67. The Bertz CT molecular complexity index is 194. The molecular formula is C14H32ClNO. The quantitative estimate of drug-likeness (QED) is 0.522. The van der Waals surface area contributed by atoms with Gasteiger partial charge in [0.2, 0.25) is 0 Å². The van der Waals surface area contributed by atoms with Crippen molar-refractivity contribution in [1.82, 2.24) is 0 Å². The Morgan fingerprint density at radius 3 is 1.76 bits per heavy atom. The highest BCUT2D eigenvalue weighted by Gasteiger charge is 2.44. The largest absolute Gasteiger partial charge is 1.00 e. The second-order valence-corrected chi connectivity index (χ2v) is 5.46. The van der Waals surface area contributed by atoms with Gasteiger partial charge in [0.05, 0.1) is 26.7 Å². The summed E-state index contributed by atoms with van der Waals surface area (Å²) < 4.78 is 6.62. The van der Waals surface area contributed by atoms with Crippen molar-refractivity contribution in [3.63, 3.8) is 0 Å². The minimum Gasteiger partial charge on any atom is -1.00 e. The van der Waals surface area contributed by atoms with Gasteiger partial charge in [-0.05, 0) is 12.8 Å². The van der Waals surface area contributed by atoms with E-state index in [0.29, 0.717) is 6.10 Å². The lowest BCUT2D eigenvalue weighted by Crippen LogP contribution is -3.00. The fraction of sp³-hybridized carbons (Fsp3) is 1.00. The van der Waals surface area contributed by atoms with E-state index in [-0.39, 0.29) is 27.3 Å². The maximum atomic E-state index is 5.36. The molecule has 2 nitrogen and oxygen atoms in total. The molecule has 0 spiro atoms. The fourth-order valence-corrected chi connectivity index (χ4v) is 3.24. The molecule has 2 heterocycles. The van der Waals surface area contributed by atoms with Crippen LogP contribution in [-0.4, -0.2) is 43.9 Å². The molecule has 0 bridgehead atoms. The number of halogens is 1. The summed E-state index contributed by atoms with van der Waals surface area (Å²) in [6.07, 6.45) is 3.31. The Kier molecular flexibility index (Phi) is 8.74. The number of hydrogen-bond donors (Lipinski definition) is 0. The molecule has 0 aromatic carbocycles. The topological polar surface area (TPSA) is 12.5 Å². The summed E-state index contributed by atoms with van der Waals surface area (Å²) in [5.41, 5.74) is 0. The van der Waals surface area contributed by atoms with Crippen LogP contribution in [0.5, 0.6) is 0 Å². The average Bonchev–Trinajstić information content (AvgIpc) is 2.88. The molecule has 0 N–H and O–H groups in total. The van der Waals surface area contributed by atoms with Crippen molar-refractivity contribution in [2.45, 2.75) is 47.6 Å². The zero-order chi connectivity index (χ0) is 10.2. The van der Waals surface area contributed by atoms with Gasteiger partial charge < -0.3 is 21.6 Å². The number of ether oxygens (including phenoxy) is 1. The van der Waals surface area contributed by atoms with E-state index in [1.54, 1.807) is 0 Å². The number of hydrogen-bond acceptors (Lipinski definition) is 1. The van der Waals surface area contributed by atoms with Crippen LogP contribution in [-0.2, 0) is 4.74 Å². The van der Waals surface area contributed by atoms with Crippen molar-refractivity contribution in [1.29, 1.82) is 0 Å². The first-order valence-electron chi connectivity index (χ1n) is 6.12. The molecule has 0 amide bonds. The lowest BCUT2D eigenvalue weighted by molar-refractivity contribution is -0.900. The zero-order valence-corrected chi connectivity index (χ0v) is 11.0. The van der Waals surface area contributed by atoms with Crippen LogP contribution in [0.1, 0.15) is 41.5 Å². The Balaban J connectivity index is 0. The number of likely N-dealkylation sites (tertiary alicyclic amines) is 1. The van der Waals surface area contributed by atoms with E-state index in [4.69, 9.17) is 4.74 Å². The molecule has 0 radical (unpaired) electrons. The third-order valence-corrected chi connectivity index (χ3v) is 4.11. The van der Waals surface area contributed by atoms with Crippen LogP contribution in [0.25, 0.3) is 0 Å². The van der Waals surface area contributed by atoms with Crippen molar-refractivity contribution in [3.8, 4) is 0 Å². The smallest absolute Gasteiger partial charge is 0.130 e. The summed E-state index contributed by atoms with van der Waals surface area (Å²) in [4.78, 5) is 0. The summed E-state index contributed by atoms with van der Waals surface area (Å²) in [5.74, 6) is 1.92. The van der Waals surface area contributed by atoms with Crippen molar-refractivity contribution < 1.29 is 21.6 Å². The summed E-state index contributed by atoms with van der Waals surface area (Å²) in [5, 5.41) is 0. The molecule has 17 heavy (non-hydrogen) atoms. The molecule has 3 unspecified atom stereocenters. The molecule has 3 atom stereocenters. The minimum absolute atomic E-state index is 0. The van der Waals surface area contributed by atoms with Gasteiger partial charge in [-0.3, -0.25) is 0 Å². The van der Waals surface area contributed by atoms with E-state index in [2.05, 4.69) is 20.9 Å². The molecule has 0 aromatic rings. The van der Waals surface area contributed by atoms with Gasteiger partial charge in [0.1, 0.15) is 12.6 Å². The number of epoxide rings is 1. The second-order valence-electron chi connectivity index (χ2n) is 5.46. The molecule has 0 aliphatic carbocycles. The van der Waals surface area contributed by atoms with Crippen molar-refractivity contribution in [2.24, 2.45) is 11.8 Å². The van der Waals surface area contributed by atoms with E-state index < -0.39 is 0 Å². The summed E-state index contributed by atoms with van der Waals surface area (Å²) in [7, 11) is 2.42. The summed E-state index contributed by atoms with van der Waals surface area (Å²) in [6.45, 7) is 9.73. The highest BCUT2D eigenvalue weighted by atomic mass is 35.5. The molecule has 2 aliphatic rings. The van der Waals surface area contributed by atoms with Gasteiger partial charge in [-0.15, -0.1) is 0 Å². The van der Waals surface area contributed by atoms with E-state index in [1.807, 2.05) is 0 Å². The van der Waals surface area contributed by atoms with Crippen LogP contribution < -0.4 is 12.4 Å². The average molecular weight is 266 g/mol. The number of likely N-dealkylation sites (N-methyl/N-ethyl adjacent to an activating group) is 1. The summed E-state index contributed by atoms with van der Waals surface area (Å²) >= 11 is 0. The molecular weight excluding hydrogens is 234 g/mol. The van der Waals surface area contributed by atoms with Crippen molar-refractivity contribution in [3.05, 3.63) is 0 Å². The van der Waals surface area contributed by atoms with E-state index >= 15 is 0 Å². The van der Waals surface area contributed by atoms with Crippen LogP contribution in [0, 0.1) is 11.8 Å². The Morgan fingerprint density at radius 1 is 1.06 bits per heavy atom. The number of rotatable bonds is 4. The predicted octanol–water partition coefficient (Wildman–Crippen LogP) is 0.174. The molecule has 2 rings (SSSR count). The molecule has 3 heteroatoms. The van der Waals surface area contributed by atoms with Crippen LogP contribution in [0.15, 0.2) is 0 Å². The first kappa shape index (κ1) is 19.5. The molecule has 0 aromatic heterocycles. The third kappa shape index (κ3) is 4.76. The molecule has 0 saturated carbocycles. The molecule has 106 valence electrons. The van der Waals surface area contributed by atoms with Crippen LogP contribution in [0.2, 0.25) is 0 Å². The van der Waals surface area contributed by atoms with Crippen LogP contribution in [0.3, 0.4) is 0 Å². The standard InChI is InChI=1S/C12H24NO.2CH4.ClH/c1-4-10-6-13(3,7-11(10)5-2)8-12-9-14-12;;;/h10-12H,4-9H2,1-3H3;2*1H4;1H/q+1;;;/p-1. The fourth-order valence-electron chi connectivity index (χ4n) is 3.24. The van der Waals surface area contributed by atoms with E-state index in [9.17, 15) is 0 Å². The van der Waals surface area contributed by atoms with E-state index in [1.165, 1.54) is 37.0 Å². The monoisotopic (exact) mass is 265 g/mol. The van der Waals surface area contributed by atoms with Gasteiger partial charge in [0.25, 0.3) is 0 Å². The number of nitrogens with zero attached hydrogens (tertiary/aromatic N) is 1. The Morgan fingerprint density at radius 2 is 1.47 bits per heavy atom. The SMILES string of the molecule is C.C.CCC1C[N+](C)(CC2CO2)CC1CC.[Cl-]. The lowest BCUT2D eigenvalue weighted by atomic mass is 9.92.